The highest BCUT2D eigenvalue weighted by Gasteiger charge is 2.30. The second-order valence-electron chi connectivity index (χ2n) is 3.80. The minimum absolute atomic E-state index is 0.672. The highest BCUT2D eigenvalue weighted by molar-refractivity contribution is 7.17. The van der Waals surface area contributed by atoms with Gasteiger partial charge in [0.1, 0.15) is 0 Å². The van der Waals surface area contributed by atoms with E-state index in [1.54, 1.807) is 0 Å². The largest absolute Gasteiger partial charge is 0.345 e. The molecule has 1 aliphatic rings. The highest BCUT2D eigenvalue weighted by atomic mass is 32.1. The molecule has 0 spiro atoms. The maximum absolute atomic E-state index is 10.8. The van der Waals surface area contributed by atoms with Gasteiger partial charge in [-0.3, -0.25) is 4.79 Å². The summed E-state index contributed by atoms with van der Waals surface area (Å²) in [5.41, 5.74) is 0.948. The summed E-state index contributed by atoms with van der Waals surface area (Å²) in [4.78, 5) is 18.5. The number of aromatic nitrogens is 1. The van der Waals surface area contributed by atoms with Crippen LogP contribution >= 0.6 is 11.3 Å². The van der Waals surface area contributed by atoms with Crippen LogP contribution in [0.25, 0.3) is 0 Å². The molecule has 0 radical (unpaired) electrons. The first kappa shape index (κ1) is 10.6. The Hall–Kier alpha value is -0.900. The molecule has 0 aliphatic heterocycles. The van der Waals surface area contributed by atoms with E-state index in [9.17, 15) is 4.79 Å². The third-order valence-corrected chi connectivity index (χ3v) is 3.79. The number of anilines is 1. The number of nitrogens with zero attached hydrogens (tertiary/aromatic N) is 2. The smallest absolute Gasteiger partial charge is 0.186 e. The molecular weight excluding hydrogens is 208 g/mol. The predicted octanol–water partition coefficient (Wildman–Crippen LogP) is 2.51. The van der Waals surface area contributed by atoms with Crippen molar-refractivity contribution in [2.75, 3.05) is 11.4 Å². The molecule has 0 unspecified atom stereocenters. The van der Waals surface area contributed by atoms with Crippen molar-refractivity contribution >= 4 is 22.8 Å². The van der Waals surface area contributed by atoms with E-state index in [1.165, 1.54) is 24.2 Å². The van der Waals surface area contributed by atoms with Crippen LogP contribution in [0.2, 0.25) is 0 Å². The Morgan fingerprint density at radius 3 is 2.67 bits per heavy atom. The van der Waals surface area contributed by atoms with Crippen LogP contribution in [0.1, 0.15) is 42.1 Å². The third kappa shape index (κ3) is 2.04. The van der Waals surface area contributed by atoms with Gasteiger partial charge in [0.15, 0.2) is 11.4 Å². The Morgan fingerprint density at radius 2 is 2.27 bits per heavy atom. The molecule has 0 N–H and O–H groups in total. The van der Waals surface area contributed by atoms with Gasteiger partial charge in [-0.05, 0) is 26.2 Å². The lowest BCUT2D eigenvalue weighted by Gasteiger charge is -2.18. The molecule has 3 nitrogen and oxygen atoms in total. The zero-order chi connectivity index (χ0) is 10.8. The van der Waals surface area contributed by atoms with E-state index in [1.807, 2.05) is 6.92 Å². The second kappa shape index (κ2) is 4.31. The molecule has 0 atom stereocenters. The molecule has 1 aromatic rings. The molecule has 0 aromatic carbocycles. The topological polar surface area (TPSA) is 33.2 Å². The zero-order valence-corrected chi connectivity index (χ0v) is 10.0. The van der Waals surface area contributed by atoms with Crippen molar-refractivity contribution < 1.29 is 4.79 Å². The Bertz CT molecular complexity index is 357. The van der Waals surface area contributed by atoms with E-state index in [4.69, 9.17) is 0 Å². The molecule has 1 heterocycles. The Labute approximate surface area is 94.1 Å². The van der Waals surface area contributed by atoms with Gasteiger partial charge in [0.2, 0.25) is 0 Å². The van der Waals surface area contributed by atoms with Crippen molar-refractivity contribution in [2.45, 2.75) is 39.2 Å². The number of carbonyl (C=O) groups is 1. The standard InChI is InChI=1S/C11H16N2OS/c1-3-9-10(7-14)15-11(12-9)13(4-2)8-5-6-8/h7-8H,3-6H2,1-2H3. The van der Waals surface area contributed by atoms with Gasteiger partial charge >= 0.3 is 0 Å². The summed E-state index contributed by atoms with van der Waals surface area (Å²) in [5.74, 6) is 0. The first-order chi connectivity index (χ1) is 7.30. The minimum Gasteiger partial charge on any atom is -0.345 e. The van der Waals surface area contributed by atoms with E-state index in [0.29, 0.717) is 6.04 Å². The third-order valence-electron chi connectivity index (χ3n) is 2.73. The van der Waals surface area contributed by atoms with Crippen molar-refractivity contribution in [1.29, 1.82) is 0 Å². The Morgan fingerprint density at radius 1 is 1.53 bits per heavy atom. The molecule has 82 valence electrons. The second-order valence-corrected chi connectivity index (χ2v) is 4.81. The van der Waals surface area contributed by atoms with Gasteiger partial charge in [0.25, 0.3) is 0 Å². The van der Waals surface area contributed by atoms with Gasteiger partial charge in [-0.25, -0.2) is 4.98 Å². The Kier molecular flexibility index (Phi) is 3.05. The fourth-order valence-corrected chi connectivity index (χ4v) is 2.86. The quantitative estimate of drug-likeness (QED) is 0.720. The average Bonchev–Trinajstić information content (AvgIpc) is 2.99. The molecule has 4 heteroatoms. The molecule has 1 fully saturated rings. The summed E-state index contributed by atoms with van der Waals surface area (Å²) in [5, 5.41) is 1.03. The van der Waals surface area contributed by atoms with Crippen LogP contribution in [0, 0.1) is 0 Å². The van der Waals surface area contributed by atoms with E-state index in [-0.39, 0.29) is 0 Å². The number of hydrogen-bond donors (Lipinski definition) is 0. The summed E-state index contributed by atoms with van der Waals surface area (Å²) >= 11 is 1.53. The molecule has 0 amide bonds. The zero-order valence-electron chi connectivity index (χ0n) is 9.19. The van der Waals surface area contributed by atoms with Crippen molar-refractivity contribution in [1.82, 2.24) is 4.98 Å². The highest BCUT2D eigenvalue weighted by Crippen LogP contribution is 2.34. The molecule has 1 aliphatic carbocycles. The molecule has 0 saturated heterocycles. The van der Waals surface area contributed by atoms with Gasteiger partial charge < -0.3 is 4.90 Å². The van der Waals surface area contributed by atoms with E-state index >= 15 is 0 Å². The maximum atomic E-state index is 10.8. The molecular formula is C11H16N2OS. The van der Waals surface area contributed by atoms with Crippen LogP contribution in [0.4, 0.5) is 5.13 Å². The summed E-state index contributed by atoms with van der Waals surface area (Å²) in [7, 11) is 0. The maximum Gasteiger partial charge on any atom is 0.186 e. The number of rotatable bonds is 5. The molecule has 0 bridgehead atoms. The summed E-state index contributed by atoms with van der Waals surface area (Å²) in [6, 6.07) is 0.672. The summed E-state index contributed by atoms with van der Waals surface area (Å²) in [6.07, 6.45) is 4.31. The number of thiazole rings is 1. The first-order valence-electron chi connectivity index (χ1n) is 5.51. The average molecular weight is 224 g/mol. The number of hydrogen-bond acceptors (Lipinski definition) is 4. The molecule has 1 aromatic heterocycles. The van der Waals surface area contributed by atoms with Crippen LogP contribution in [0.15, 0.2) is 0 Å². The fraction of sp³-hybridized carbons (Fsp3) is 0.636. The molecule has 2 rings (SSSR count). The molecule has 15 heavy (non-hydrogen) atoms. The first-order valence-corrected chi connectivity index (χ1v) is 6.33. The van der Waals surface area contributed by atoms with Crippen LogP contribution in [-0.2, 0) is 6.42 Å². The predicted molar refractivity (Wildman–Crippen MR) is 62.9 cm³/mol. The van der Waals surface area contributed by atoms with Gasteiger partial charge in [-0.2, -0.15) is 0 Å². The van der Waals surface area contributed by atoms with Crippen molar-refractivity contribution in [3.8, 4) is 0 Å². The van der Waals surface area contributed by atoms with Crippen LogP contribution in [0.5, 0.6) is 0 Å². The van der Waals surface area contributed by atoms with Gasteiger partial charge in [0.05, 0.1) is 10.6 Å². The van der Waals surface area contributed by atoms with Crippen molar-refractivity contribution in [3.63, 3.8) is 0 Å². The lowest BCUT2D eigenvalue weighted by molar-refractivity contribution is 0.112. The van der Waals surface area contributed by atoms with Gasteiger partial charge in [-0.15, -0.1) is 0 Å². The van der Waals surface area contributed by atoms with Gasteiger partial charge in [-0.1, -0.05) is 18.3 Å². The van der Waals surface area contributed by atoms with Crippen molar-refractivity contribution in [3.05, 3.63) is 10.6 Å². The molecule has 1 saturated carbocycles. The van der Waals surface area contributed by atoms with E-state index in [2.05, 4.69) is 16.8 Å². The van der Waals surface area contributed by atoms with Gasteiger partial charge in [0, 0.05) is 12.6 Å². The lowest BCUT2D eigenvalue weighted by atomic mass is 10.3. The number of carbonyl (C=O) groups excluding carboxylic acids is 1. The van der Waals surface area contributed by atoms with Crippen LogP contribution in [0.3, 0.4) is 0 Å². The monoisotopic (exact) mass is 224 g/mol. The van der Waals surface area contributed by atoms with Crippen LogP contribution in [-0.4, -0.2) is 23.9 Å². The summed E-state index contributed by atoms with van der Waals surface area (Å²) < 4.78 is 0. The number of aldehydes is 1. The summed E-state index contributed by atoms with van der Waals surface area (Å²) in [6.45, 7) is 5.17. The fourth-order valence-electron chi connectivity index (χ4n) is 1.75. The SMILES string of the molecule is CCc1nc(N(CC)C2CC2)sc1C=O. The van der Waals surface area contributed by atoms with E-state index < -0.39 is 0 Å². The Balaban J connectivity index is 2.26. The van der Waals surface area contributed by atoms with E-state index in [0.717, 1.165) is 35.0 Å². The number of aryl methyl sites for hydroxylation is 1. The van der Waals surface area contributed by atoms with Crippen LogP contribution < -0.4 is 4.90 Å². The lowest BCUT2D eigenvalue weighted by Crippen LogP contribution is -2.24. The van der Waals surface area contributed by atoms with Crippen molar-refractivity contribution in [2.24, 2.45) is 0 Å². The minimum atomic E-state index is 0.672. The normalized spacial score (nSPS) is 15.3.